The van der Waals surface area contributed by atoms with Gasteiger partial charge in [0.05, 0.1) is 6.04 Å². The average molecular weight is 193 g/mol. The largest absolute Gasteiger partial charge is 0.454 e. The Morgan fingerprint density at radius 2 is 2.07 bits per heavy atom. The van der Waals surface area contributed by atoms with Crippen LogP contribution in [0.2, 0.25) is 0 Å². The number of carbonyl (C=O) groups excluding carboxylic acids is 1. The van der Waals surface area contributed by atoms with Gasteiger partial charge in [0, 0.05) is 0 Å². The predicted molar refractivity (Wildman–Crippen MR) is 50.3 cm³/mol. The fourth-order valence-corrected chi connectivity index (χ4v) is 1.49. The molecule has 0 fully saturated rings. The first-order chi connectivity index (χ1) is 6.72. The van der Waals surface area contributed by atoms with Crippen LogP contribution in [0.5, 0.6) is 11.5 Å². The summed E-state index contributed by atoms with van der Waals surface area (Å²) in [6, 6.07) is 3.00. The van der Waals surface area contributed by atoms with E-state index in [2.05, 4.69) is 0 Å². The number of aryl methyl sites for hydroxylation is 1. The Bertz CT molecular complexity index is 376. The summed E-state index contributed by atoms with van der Waals surface area (Å²) in [7, 11) is 0. The molecule has 1 aliphatic heterocycles. The monoisotopic (exact) mass is 193 g/mol. The highest BCUT2D eigenvalue weighted by Crippen LogP contribution is 2.35. The highest BCUT2D eigenvalue weighted by molar-refractivity contribution is 5.64. The molecule has 1 heterocycles. The summed E-state index contributed by atoms with van der Waals surface area (Å²) in [5, 5.41) is 0. The Labute approximate surface area is 81.6 Å². The van der Waals surface area contributed by atoms with E-state index in [1.165, 1.54) is 0 Å². The third-order valence-electron chi connectivity index (χ3n) is 2.27. The molecule has 74 valence electrons. The quantitative estimate of drug-likeness (QED) is 0.709. The molecule has 0 aliphatic carbocycles. The fraction of sp³-hybridized carbons (Fsp3) is 0.300. The molecule has 0 spiro atoms. The molecule has 4 nitrogen and oxygen atoms in total. The van der Waals surface area contributed by atoms with Crippen LogP contribution in [0.3, 0.4) is 0 Å². The molecule has 0 aromatic heterocycles. The van der Waals surface area contributed by atoms with Crippen LogP contribution in [0.1, 0.15) is 17.2 Å². The summed E-state index contributed by atoms with van der Waals surface area (Å²) in [6.07, 6.45) is 0.713. The van der Waals surface area contributed by atoms with E-state index in [1.807, 2.05) is 13.0 Å². The van der Waals surface area contributed by atoms with Gasteiger partial charge in [-0.2, -0.15) is 0 Å². The third-order valence-corrected chi connectivity index (χ3v) is 2.27. The molecule has 1 aromatic rings. The lowest BCUT2D eigenvalue weighted by Gasteiger charge is -2.09. The third kappa shape index (κ3) is 1.33. The molecule has 0 bridgehead atoms. The van der Waals surface area contributed by atoms with Crippen LogP contribution in [0, 0.1) is 6.92 Å². The molecule has 14 heavy (non-hydrogen) atoms. The SMILES string of the molecule is Cc1cc2c(cc1C(N)C=O)OCO2. The first-order valence-electron chi connectivity index (χ1n) is 4.33. The maximum Gasteiger partial charge on any atom is 0.231 e. The smallest absolute Gasteiger partial charge is 0.231 e. The van der Waals surface area contributed by atoms with Gasteiger partial charge < -0.3 is 20.0 Å². The first kappa shape index (κ1) is 9.02. The lowest BCUT2D eigenvalue weighted by molar-refractivity contribution is -0.109. The van der Waals surface area contributed by atoms with Crippen LogP contribution in [0.15, 0.2) is 12.1 Å². The summed E-state index contributed by atoms with van der Waals surface area (Å²) in [5.74, 6) is 1.37. The van der Waals surface area contributed by atoms with Crippen molar-refractivity contribution in [1.82, 2.24) is 0 Å². The molecule has 1 unspecified atom stereocenters. The van der Waals surface area contributed by atoms with Crippen molar-refractivity contribution in [3.8, 4) is 11.5 Å². The van der Waals surface area contributed by atoms with Gasteiger partial charge in [-0.05, 0) is 30.2 Å². The molecule has 0 saturated carbocycles. The van der Waals surface area contributed by atoms with E-state index in [9.17, 15) is 4.79 Å². The van der Waals surface area contributed by atoms with Gasteiger partial charge in [-0.3, -0.25) is 0 Å². The molecule has 4 heteroatoms. The number of hydrogen-bond acceptors (Lipinski definition) is 4. The number of benzene rings is 1. The number of ether oxygens (including phenoxy) is 2. The molecule has 2 rings (SSSR count). The van der Waals surface area contributed by atoms with Crippen LogP contribution in [0.4, 0.5) is 0 Å². The molecule has 0 saturated heterocycles. The van der Waals surface area contributed by atoms with Crippen molar-refractivity contribution in [3.63, 3.8) is 0 Å². The van der Waals surface area contributed by atoms with E-state index >= 15 is 0 Å². The number of nitrogens with two attached hydrogens (primary N) is 1. The summed E-state index contributed by atoms with van der Waals surface area (Å²) < 4.78 is 10.4. The van der Waals surface area contributed by atoms with Crippen LogP contribution < -0.4 is 15.2 Å². The lowest BCUT2D eigenvalue weighted by Crippen LogP contribution is -2.12. The molecular weight excluding hydrogens is 182 g/mol. The van der Waals surface area contributed by atoms with Gasteiger partial charge >= 0.3 is 0 Å². The normalized spacial score (nSPS) is 15.3. The Hall–Kier alpha value is -1.55. The Morgan fingerprint density at radius 3 is 2.71 bits per heavy atom. The van der Waals surface area contributed by atoms with Crippen LogP contribution in [0.25, 0.3) is 0 Å². The van der Waals surface area contributed by atoms with Crippen LogP contribution in [-0.2, 0) is 4.79 Å². The van der Waals surface area contributed by atoms with Crippen molar-refractivity contribution in [2.75, 3.05) is 6.79 Å². The fourth-order valence-electron chi connectivity index (χ4n) is 1.49. The summed E-state index contributed by atoms with van der Waals surface area (Å²) >= 11 is 0. The Kier molecular flexibility index (Phi) is 2.13. The second kappa shape index (κ2) is 3.31. The standard InChI is InChI=1S/C10H11NO3/c1-6-2-9-10(14-5-13-9)3-7(6)8(11)4-12/h2-4,8H,5,11H2,1H3. The summed E-state index contributed by atoms with van der Waals surface area (Å²) in [4.78, 5) is 10.6. The second-order valence-electron chi connectivity index (χ2n) is 3.22. The van der Waals surface area contributed by atoms with Crippen molar-refractivity contribution in [2.45, 2.75) is 13.0 Å². The minimum absolute atomic E-state index is 0.231. The number of rotatable bonds is 2. The van der Waals surface area contributed by atoms with E-state index in [1.54, 1.807) is 6.07 Å². The molecule has 1 aromatic carbocycles. The summed E-state index contributed by atoms with van der Waals surface area (Å²) in [5.41, 5.74) is 7.35. The van der Waals surface area contributed by atoms with Crippen LogP contribution in [-0.4, -0.2) is 13.1 Å². The highest BCUT2D eigenvalue weighted by atomic mass is 16.7. The zero-order chi connectivity index (χ0) is 10.1. The molecular formula is C10H11NO3. The van der Waals surface area contributed by atoms with Gasteiger partial charge in [-0.1, -0.05) is 0 Å². The zero-order valence-corrected chi connectivity index (χ0v) is 7.82. The van der Waals surface area contributed by atoms with Gasteiger partial charge in [0.25, 0.3) is 0 Å². The Morgan fingerprint density at radius 1 is 1.43 bits per heavy atom. The molecule has 0 amide bonds. The van der Waals surface area contributed by atoms with Gasteiger partial charge in [0.2, 0.25) is 6.79 Å². The van der Waals surface area contributed by atoms with Crippen molar-refractivity contribution in [1.29, 1.82) is 0 Å². The Balaban J connectivity index is 2.47. The van der Waals surface area contributed by atoms with E-state index in [-0.39, 0.29) is 6.79 Å². The average Bonchev–Trinajstić information content (AvgIpc) is 2.62. The summed E-state index contributed by atoms with van der Waals surface area (Å²) in [6.45, 7) is 2.12. The minimum Gasteiger partial charge on any atom is -0.454 e. The molecule has 1 aliphatic rings. The molecule has 0 radical (unpaired) electrons. The van der Waals surface area contributed by atoms with Crippen molar-refractivity contribution in [2.24, 2.45) is 5.73 Å². The number of fused-ring (bicyclic) bond motifs is 1. The van der Waals surface area contributed by atoms with Gasteiger partial charge in [0.1, 0.15) is 6.29 Å². The number of carbonyl (C=O) groups is 1. The van der Waals surface area contributed by atoms with Gasteiger partial charge in [0.15, 0.2) is 11.5 Å². The van der Waals surface area contributed by atoms with E-state index < -0.39 is 6.04 Å². The van der Waals surface area contributed by atoms with Crippen molar-refractivity contribution in [3.05, 3.63) is 23.3 Å². The zero-order valence-electron chi connectivity index (χ0n) is 7.82. The van der Waals surface area contributed by atoms with Crippen molar-refractivity contribution >= 4 is 6.29 Å². The number of hydrogen-bond donors (Lipinski definition) is 1. The molecule has 1 atom stereocenters. The predicted octanol–water partition coefficient (Wildman–Crippen LogP) is 0.922. The van der Waals surface area contributed by atoms with E-state index in [4.69, 9.17) is 15.2 Å². The second-order valence-corrected chi connectivity index (χ2v) is 3.22. The number of aldehydes is 1. The van der Waals surface area contributed by atoms with Crippen LogP contribution >= 0.6 is 0 Å². The van der Waals surface area contributed by atoms with E-state index in [0.29, 0.717) is 17.8 Å². The van der Waals surface area contributed by atoms with Gasteiger partial charge in [-0.15, -0.1) is 0 Å². The van der Waals surface area contributed by atoms with Gasteiger partial charge in [-0.25, -0.2) is 0 Å². The topological polar surface area (TPSA) is 61.6 Å². The minimum atomic E-state index is -0.593. The van der Waals surface area contributed by atoms with E-state index in [0.717, 1.165) is 11.1 Å². The molecule has 2 N–H and O–H groups in total. The lowest BCUT2D eigenvalue weighted by atomic mass is 10.0. The first-order valence-corrected chi connectivity index (χ1v) is 4.33. The highest BCUT2D eigenvalue weighted by Gasteiger charge is 2.18. The maximum absolute atomic E-state index is 10.6. The van der Waals surface area contributed by atoms with Crippen molar-refractivity contribution < 1.29 is 14.3 Å². The maximum atomic E-state index is 10.6.